The fourth-order valence-electron chi connectivity index (χ4n) is 7.21. The van der Waals surface area contributed by atoms with Gasteiger partial charge in [-0.05, 0) is 103 Å². The van der Waals surface area contributed by atoms with E-state index in [1.165, 1.54) is 59.9 Å². The lowest BCUT2D eigenvalue weighted by atomic mass is 9.99. The maximum atomic E-state index is 2.36. The Morgan fingerprint density at radius 1 is 0.306 bits per heavy atom. The molecule has 0 fully saturated rings. The Hall–Kier alpha value is -6.38. The van der Waals surface area contributed by atoms with E-state index in [2.05, 4.69) is 205 Å². The zero-order valence-electron chi connectivity index (χ0n) is 27.3. The summed E-state index contributed by atoms with van der Waals surface area (Å²) in [6, 6.07) is 68.1. The van der Waals surface area contributed by atoms with Gasteiger partial charge in [0.05, 0.1) is 0 Å². The fraction of sp³-hybridized carbons (Fsp3) is 0.0213. The second-order valence-electron chi connectivity index (χ2n) is 12.7. The molecule has 0 bridgehead atoms. The largest absolute Gasteiger partial charge is 0.344 e. The molecule has 0 heterocycles. The lowest BCUT2D eigenvalue weighted by Gasteiger charge is -2.26. The molecule has 0 aliphatic rings. The number of hydrogen-bond acceptors (Lipinski definition) is 2. The van der Waals surface area contributed by atoms with Crippen LogP contribution >= 0.6 is 0 Å². The minimum Gasteiger partial charge on any atom is -0.344 e. The highest BCUT2D eigenvalue weighted by molar-refractivity contribution is 6.13. The van der Waals surface area contributed by atoms with E-state index >= 15 is 0 Å². The molecule has 0 amide bonds. The third-order valence-electron chi connectivity index (χ3n) is 9.80. The third kappa shape index (κ3) is 5.24. The fourth-order valence-corrected chi connectivity index (χ4v) is 7.21. The van der Waals surface area contributed by atoms with E-state index in [0.29, 0.717) is 0 Å². The summed E-state index contributed by atoms with van der Waals surface area (Å²) in [5, 5.41) is 10.0. The van der Waals surface area contributed by atoms with Gasteiger partial charge in [0.2, 0.25) is 0 Å². The summed E-state index contributed by atoms with van der Waals surface area (Å²) in [6.45, 7) is 0. The van der Waals surface area contributed by atoms with Gasteiger partial charge in [0.15, 0.2) is 0 Å². The van der Waals surface area contributed by atoms with Crippen molar-refractivity contribution in [3.8, 4) is 11.1 Å². The van der Waals surface area contributed by atoms with Crippen molar-refractivity contribution in [3.05, 3.63) is 188 Å². The number of anilines is 5. The summed E-state index contributed by atoms with van der Waals surface area (Å²) < 4.78 is 0. The Kier molecular flexibility index (Phi) is 7.06. The maximum Gasteiger partial charge on any atom is 0.0494 e. The summed E-state index contributed by atoms with van der Waals surface area (Å²) >= 11 is 0. The van der Waals surface area contributed by atoms with Gasteiger partial charge >= 0.3 is 0 Å². The highest BCUT2D eigenvalue weighted by Crippen LogP contribution is 2.40. The van der Waals surface area contributed by atoms with Crippen molar-refractivity contribution in [3.63, 3.8) is 0 Å². The number of fused-ring (bicyclic) bond motifs is 5. The number of rotatable bonds is 6. The van der Waals surface area contributed by atoms with Gasteiger partial charge < -0.3 is 9.80 Å². The Bertz CT molecular complexity index is 2540. The van der Waals surface area contributed by atoms with E-state index in [1.54, 1.807) is 0 Å². The summed E-state index contributed by atoms with van der Waals surface area (Å²) in [7, 11) is 2.16. The molecule has 0 aliphatic carbocycles. The van der Waals surface area contributed by atoms with Crippen LogP contribution < -0.4 is 9.80 Å². The minimum absolute atomic E-state index is 1.12. The molecule has 0 spiro atoms. The molecule has 0 saturated heterocycles. The van der Waals surface area contributed by atoms with Crippen molar-refractivity contribution < 1.29 is 0 Å². The van der Waals surface area contributed by atoms with Crippen LogP contribution in [-0.2, 0) is 0 Å². The van der Waals surface area contributed by atoms with Crippen molar-refractivity contribution in [2.75, 3.05) is 16.8 Å². The van der Waals surface area contributed by atoms with Crippen LogP contribution in [0.1, 0.15) is 0 Å². The van der Waals surface area contributed by atoms with E-state index in [9.17, 15) is 0 Å². The minimum atomic E-state index is 1.12. The average molecular weight is 627 g/mol. The lowest BCUT2D eigenvalue weighted by Crippen LogP contribution is -2.10. The molecule has 9 rings (SSSR count). The highest BCUT2D eigenvalue weighted by Gasteiger charge is 2.15. The Morgan fingerprint density at radius 3 is 1.31 bits per heavy atom. The van der Waals surface area contributed by atoms with Crippen molar-refractivity contribution in [1.82, 2.24) is 0 Å². The third-order valence-corrected chi connectivity index (χ3v) is 9.80. The number of hydrogen-bond donors (Lipinski definition) is 0. The second-order valence-corrected chi connectivity index (χ2v) is 12.7. The summed E-state index contributed by atoms with van der Waals surface area (Å²) in [5.74, 6) is 0. The van der Waals surface area contributed by atoms with Crippen LogP contribution in [0.3, 0.4) is 0 Å². The molecule has 2 heteroatoms. The monoisotopic (exact) mass is 626 g/mol. The van der Waals surface area contributed by atoms with Crippen molar-refractivity contribution in [2.45, 2.75) is 0 Å². The first-order valence-corrected chi connectivity index (χ1v) is 16.8. The van der Waals surface area contributed by atoms with Crippen molar-refractivity contribution in [2.24, 2.45) is 0 Å². The van der Waals surface area contributed by atoms with E-state index in [4.69, 9.17) is 0 Å². The normalized spacial score (nSPS) is 11.4. The summed E-state index contributed by atoms with van der Waals surface area (Å²) in [4.78, 5) is 4.65. The predicted octanol–water partition coefficient (Wildman–Crippen LogP) is 13.2. The quantitative estimate of drug-likeness (QED) is 0.169. The van der Waals surface area contributed by atoms with E-state index in [1.807, 2.05) is 0 Å². The Balaban J connectivity index is 1.06. The van der Waals surface area contributed by atoms with Crippen LogP contribution in [0, 0.1) is 0 Å². The predicted molar refractivity (Wildman–Crippen MR) is 211 cm³/mol. The van der Waals surface area contributed by atoms with Crippen LogP contribution in [0.4, 0.5) is 28.4 Å². The highest BCUT2D eigenvalue weighted by atomic mass is 15.1. The Labute approximate surface area is 286 Å². The van der Waals surface area contributed by atoms with Gasteiger partial charge in [0, 0.05) is 40.9 Å². The molecule has 9 aromatic carbocycles. The smallest absolute Gasteiger partial charge is 0.0494 e. The van der Waals surface area contributed by atoms with E-state index in [0.717, 1.165) is 22.7 Å². The standard InChI is InChI=1S/C47H34N2/c1-48(47-32-39-14-6-7-15-44(39)45-16-8-9-17-46(45)47)40-24-18-35(19-25-40)36-20-26-41(27-21-36)49(42-28-22-33-10-2-4-12-37(33)30-42)43-29-23-34-11-3-5-13-38(34)31-43/h2-32H,1H3. The molecule has 0 atom stereocenters. The molecule has 0 saturated carbocycles. The topological polar surface area (TPSA) is 6.48 Å². The van der Waals surface area contributed by atoms with Crippen molar-refractivity contribution in [1.29, 1.82) is 0 Å². The molecule has 2 nitrogen and oxygen atoms in total. The first kappa shape index (κ1) is 28.8. The molecule has 49 heavy (non-hydrogen) atoms. The van der Waals surface area contributed by atoms with Gasteiger partial charge in [-0.2, -0.15) is 0 Å². The molecular formula is C47H34N2. The molecule has 9 aromatic rings. The lowest BCUT2D eigenvalue weighted by molar-refractivity contribution is 1.22. The summed E-state index contributed by atoms with van der Waals surface area (Å²) in [6.07, 6.45) is 0. The molecular weight excluding hydrogens is 593 g/mol. The van der Waals surface area contributed by atoms with Gasteiger partial charge in [-0.1, -0.05) is 133 Å². The summed E-state index contributed by atoms with van der Waals surface area (Å²) in [5.41, 5.74) is 8.12. The molecule has 232 valence electrons. The van der Waals surface area contributed by atoms with Crippen LogP contribution in [-0.4, -0.2) is 7.05 Å². The molecule has 0 N–H and O–H groups in total. The first-order chi connectivity index (χ1) is 24.2. The molecule has 0 aromatic heterocycles. The van der Waals surface area contributed by atoms with Crippen molar-refractivity contribution >= 4 is 71.5 Å². The Morgan fingerprint density at radius 2 is 0.735 bits per heavy atom. The molecule has 0 radical (unpaired) electrons. The van der Waals surface area contributed by atoms with Gasteiger partial charge in [-0.25, -0.2) is 0 Å². The van der Waals surface area contributed by atoms with Gasteiger partial charge in [0.1, 0.15) is 0 Å². The maximum absolute atomic E-state index is 2.36. The van der Waals surface area contributed by atoms with Gasteiger partial charge in [0.25, 0.3) is 0 Å². The van der Waals surface area contributed by atoms with Crippen LogP contribution in [0.2, 0.25) is 0 Å². The SMILES string of the molecule is CN(c1ccc(-c2ccc(N(c3ccc4ccccc4c3)c3ccc4ccccc4c3)cc2)cc1)c1cc2ccccc2c2ccccc12. The number of nitrogens with zero attached hydrogens (tertiary/aromatic N) is 2. The van der Waals surface area contributed by atoms with Crippen LogP contribution in [0.15, 0.2) is 188 Å². The second kappa shape index (κ2) is 12.0. The molecule has 0 unspecified atom stereocenters. The van der Waals surface area contributed by atoms with Gasteiger partial charge in [-0.15, -0.1) is 0 Å². The molecule has 0 aliphatic heterocycles. The number of benzene rings is 9. The van der Waals surface area contributed by atoms with Crippen LogP contribution in [0.5, 0.6) is 0 Å². The first-order valence-electron chi connectivity index (χ1n) is 16.8. The zero-order valence-corrected chi connectivity index (χ0v) is 27.3. The van der Waals surface area contributed by atoms with Gasteiger partial charge in [-0.3, -0.25) is 0 Å². The van der Waals surface area contributed by atoms with E-state index in [-0.39, 0.29) is 0 Å². The van der Waals surface area contributed by atoms with Crippen LogP contribution in [0.25, 0.3) is 54.2 Å². The zero-order chi connectivity index (χ0) is 32.7. The van der Waals surface area contributed by atoms with E-state index < -0.39 is 0 Å². The average Bonchev–Trinajstić information content (AvgIpc) is 3.18.